The zero-order valence-electron chi connectivity index (χ0n) is 32.5. The summed E-state index contributed by atoms with van der Waals surface area (Å²) in [4.78, 5) is 11.6. The fourth-order valence-electron chi connectivity index (χ4n) is 8.20. The van der Waals surface area contributed by atoms with Gasteiger partial charge >= 0.3 is 5.97 Å². The van der Waals surface area contributed by atoms with Crippen molar-refractivity contribution in [2.45, 2.75) is 140 Å². The average Bonchev–Trinajstić information content (AvgIpc) is 3.15. The van der Waals surface area contributed by atoms with Crippen LogP contribution in [0.3, 0.4) is 0 Å². The smallest absolute Gasteiger partial charge is 0.303 e. The van der Waals surface area contributed by atoms with Crippen LogP contribution in [0.25, 0.3) is 0 Å². The van der Waals surface area contributed by atoms with E-state index in [2.05, 4.69) is 41.5 Å². The number of aliphatic hydroxyl groups is 4. The minimum atomic E-state index is -1.35. The monoisotopic (exact) mass is 744 g/mol. The molecule has 2 bridgehead atoms. The Morgan fingerprint density at radius 2 is 1.80 bits per heavy atom. The molecule has 2 aromatic carbocycles. The van der Waals surface area contributed by atoms with Crippen LogP contribution in [0.4, 0.5) is 0 Å². The number of benzene rings is 2. The number of fused-ring (bicyclic) bond motifs is 5. The van der Waals surface area contributed by atoms with Crippen molar-refractivity contribution in [2.24, 2.45) is 5.92 Å². The minimum absolute atomic E-state index is 0.0121. The van der Waals surface area contributed by atoms with Crippen molar-refractivity contribution in [3.05, 3.63) is 88.5 Å². The number of aryl methyl sites for hydroxylation is 1. The van der Waals surface area contributed by atoms with Gasteiger partial charge in [0.2, 0.25) is 0 Å². The van der Waals surface area contributed by atoms with E-state index in [-0.39, 0.29) is 49.1 Å². The lowest BCUT2D eigenvalue weighted by atomic mass is 9.73. The zero-order valence-corrected chi connectivity index (χ0v) is 32.5. The third-order valence-corrected chi connectivity index (χ3v) is 11.2. The molecule has 296 valence electrons. The number of hydrogen-bond acceptors (Lipinski definition) is 8. The number of β-amino-alcohol motifs (C(OH)–C–C–N with tert-alkyl or cyclic N) is 1. The molecule has 54 heavy (non-hydrogen) atoms. The number of unbranched alkanes of at least 4 members (excludes halogenated alkanes) is 2. The Morgan fingerprint density at radius 3 is 2.50 bits per heavy atom. The first-order valence-electron chi connectivity index (χ1n) is 20.1. The van der Waals surface area contributed by atoms with Crippen LogP contribution in [0.15, 0.2) is 71.8 Å². The van der Waals surface area contributed by atoms with Crippen LogP contribution in [0, 0.1) is 17.8 Å². The summed E-state index contributed by atoms with van der Waals surface area (Å²) in [6.07, 6.45) is 10.1. The number of rotatable bonds is 18. The molecule has 0 radical (unpaired) electrons. The molecule has 1 aliphatic carbocycles. The predicted octanol–water partition coefficient (Wildman–Crippen LogP) is 6.10. The summed E-state index contributed by atoms with van der Waals surface area (Å²) in [5.41, 5.74) is 3.66. The predicted molar refractivity (Wildman–Crippen MR) is 214 cm³/mol. The van der Waals surface area contributed by atoms with E-state index in [0.29, 0.717) is 45.1 Å². The summed E-state index contributed by atoms with van der Waals surface area (Å²) < 4.78 is 0. The molecule has 0 spiro atoms. The number of allylic oxidation sites excluding steroid dienone is 2. The summed E-state index contributed by atoms with van der Waals surface area (Å²) in [6, 6.07) is 14.9. The molecular formula is C45H64N2O7. The molecule has 0 amide bonds. The van der Waals surface area contributed by atoms with Crippen molar-refractivity contribution in [3.63, 3.8) is 0 Å². The third kappa shape index (κ3) is 12.8. The number of carboxylic acid groups (broad SMARTS) is 1. The van der Waals surface area contributed by atoms with Gasteiger partial charge in [-0.15, -0.1) is 0 Å². The Labute approximate surface area is 322 Å². The van der Waals surface area contributed by atoms with E-state index in [1.165, 1.54) is 0 Å². The molecule has 4 rings (SSSR count). The summed E-state index contributed by atoms with van der Waals surface area (Å²) in [7, 11) is 0. The maximum Gasteiger partial charge on any atom is 0.303 e. The van der Waals surface area contributed by atoms with E-state index in [4.69, 9.17) is 0 Å². The first-order chi connectivity index (χ1) is 25.9. The number of phenols is 1. The number of aliphatic carboxylic acids is 1. The van der Waals surface area contributed by atoms with Gasteiger partial charge in [0.15, 0.2) is 0 Å². The number of nitrogens with one attached hydrogen (secondary N) is 2. The van der Waals surface area contributed by atoms with Crippen LogP contribution >= 0.6 is 0 Å². The second kappa shape index (κ2) is 21.6. The van der Waals surface area contributed by atoms with Crippen LogP contribution < -0.4 is 10.6 Å². The summed E-state index contributed by atoms with van der Waals surface area (Å²) in [5.74, 6) is 5.62. The highest BCUT2D eigenvalue weighted by molar-refractivity contribution is 5.66. The van der Waals surface area contributed by atoms with E-state index in [1.54, 1.807) is 31.2 Å². The molecule has 0 saturated heterocycles. The maximum absolute atomic E-state index is 12.3. The highest BCUT2D eigenvalue weighted by atomic mass is 16.4. The van der Waals surface area contributed by atoms with Gasteiger partial charge in [0.25, 0.3) is 0 Å². The molecule has 0 unspecified atom stereocenters. The van der Waals surface area contributed by atoms with Gasteiger partial charge in [-0.05, 0) is 111 Å². The van der Waals surface area contributed by atoms with Crippen molar-refractivity contribution in [3.8, 4) is 17.6 Å². The van der Waals surface area contributed by atoms with Gasteiger partial charge in [-0.1, -0.05) is 93.5 Å². The minimum Gasteiger partial charge on any atom is -0.508 e. The number of hydrogen-bond donors (Lipinski definition) is 8. The Balaban J connectivity index is 1.93. The fraction of sp³-hybridized carbons (Fsp3) is 0.578. The Bertz CT molecular complexity index is 1590. The molecule has 1 heterocycles. The lowest BCUT2D eigenvalue weighted by Crippen LogP contribution is -2.50. The van der Waals surface area contributed by atoms with E-state index in [0.717, 1.165) is 53.5 Å². The Kier molecular flexibility index (Phi) is 17.3. The summed E-state index contributed by atoms with van der Waals surface area (Å²) >= 11 is 0. The topological polar surface area (TPSA) is 163 Å². The maximum atomic E-state index is 12.3. The van der Waals surface area contributed by atoms with Gasteiger partial charge < -0.3 is 41.3 Å². The highest BCUT2D eigenvalue weighted by Gasteiger charge is 2.38. The molecule has 1 aliphatic heterocycles. The van der Waals surface area contributed by atoms with Crippen LogP contribution in [-0.4, -0.2) is 86.2 Å². The molecular weight excluding hydrogens is 681 g/mol. The number of aromatic hydroxyl groups is 1. The standard InChI is InChI=1S/C45H64N2O7/c1-4-6-7-11-37(49)22-16-32-14-13-31-10-8-9-12-40(31)34-19-25-42(33-17-23-38(50)24-18-33)45(3,54)30-47-44(41(32)28-39(51)29-48)35(27-34)15-20-36(46-5-2)21-26-43(52)53/h8-10,12,16-18,22-24,34-37,39,42,44,46-51,54H,4-7,11,13-15,20-21,26-30H2,1-3H3,(H,52,53)/b22-16+,41-32+/t34-,35+,36-,37+,39+,42+,44+,45-/m1/s1. The first-order valence-corrected chi connectivity index (χ1v) is 20.1. The van der Waals surface area contributed by atoms with Crippen LogP contribution in [0.1, 0.15) is 120 Å². The third-order valence-electron chi connectivity index (χ3n) is 11.2. The number of carbonyl (C=O) groups is 1. The van der Waals surface area contributed by atoms with Gasteiger partial charge in [0, 0.05) is 31.0 Å². The largest absolute Gasteiger partial charge is 0.508 e. The van der Waals surface area contributed by atoms with Gasteiger partial charge in [0.1, 0.15) is 5.75 Å². The molecule has 8 atom stereocenters. The van der Waals surface area contributed by atoms with Gasteiger partial charge in [-0.3, -0.25) is 4.79 Å². The SMILES string of the molecule is CCCCC[C@H](O)/C=C/C1=C(\C[C@H](O)CO)[C@H]2NC[C@@](C)(O)[C@H](c3ccc(O)cc3)C#C[C@H](C[C@@H]2CC[C@H](CCC(=O)O)NCC)c2ccccc2CC1. The number of phenolic OH excluding ortho intramolecular Hbond substituents is 1. The van der Waals surface area contributed by atoms with Crippen molar-refractivity contribution < 1.29 is 35.4 Å². The van der Waals surface area contributed by atoms with Crippen LogP contribution in [0.2, 0.25) is 0 Å². The zero-order chi connectivity index (χ0) is 39.1. The molecule has 0 fully saturated rings. The van der Waals surface area contributed by atoms with Gasteiger partial charge in [-0.25, -0.2) is 0 Å². The van der Waals surface area contributed by atoms with Crippen molar-refractivity contribution in [1.82, 2.24) is 10.6 Å². The molecule has 9 nitrogen and oxygen atoms in total. The van der Waals surface area contributed by atoms with E-state index < -0.39 is 36.3 Å². The normalized spacial score (nSPS) is 26.4. The molecule has 0 aromatic heterocycles. The van der Waals surface area contributed by atoms with Gasteiger partial charge in [0.05, 0.1) is 30.3 Å². The molecule has 2 aromatic rings. The van der Waals surface area contributed by atoms with Crippen molar-refractivity contribution in [1.29, 1.82) is 0 Å². The molecule has 2 aliphatic rings. The van der Waals surface area contributed by atoms with E-state index in [1.807, 2.05) is 31.2 Å². The van der Waals surface area contributed by atoms with Crippen LogP contribution in [0.5, 0.6) is 5.75 Å². The quantitative estimate of drug-likeness (QED) is 0.0666. The lowest BCUT2D eigenvalue weighted by Gasteiger charge is -2.40. The number of aliphatic hydroxyl groups excluding tert-OH is 3. The summed E-state index contributed by atoms with van der Waals surface area (Å²) in [5, 5.41) is 71.5. The average molecular weight is 745 g/mol. The summed E-state index contributed by atoms with van der Waals surface area (Å²) in [6.45, 7) is 6.41. The fourth-order valence-corrected chi connectivity index (χ4v) is 8.20. The van der Waals surface area contributed by atoms with Gasteiger partial charge in [-0.2, -0.15) is 0 Å². The van der Waals surface area contributed by atoms with Crippen LogP contribution in [-0.2, 0) is 11.2 Å². The molecule has 8 N–H and O–H groups in total. The lowest BCUT2D eigenvalue weighted by molar-refractivity contribution is -0.137. The number of carboxylic acids is 1. The van der Waals surface area contributed by atoms with Crippen molar-refractivity contribution in [2.75, 3.05) is 19.7 Å². The van der Waals surface area contributed by atoms with E-state index in [9.17, 15) is 35.4 Å². The highest BCUT2D eigenvalue weighted by Crippen LogP contribution is 2.40. The van der Waals surface area contributed by atoms with E-state index >= 15 is 0 Å². The second-order valence-electron chi connectivity index (χ2n) is 15.6. The first kappa shape index (κ1) is 43.2. The Hall–Kier alpha value is -3.49. The molecule has 0 saturated carbocycles. The Morgan fingerprint density at radius 1 is 1.04 bits per heavy atom. The second-order valence-corrected chi connectivity index (χ2v) is 15.6. The van der Waals surface area contributed by atoms with Crippen molar-refractivity contribution >= 4 is 5.97 Å². The molecule has 9 heteroatoms.